The smallest absolute Gasteiger partial charge is 0.215 e. The normalized spacial score (nSPS) is 15.8. The predicted molar refractivity (Wildman–Crippen MR) is 119 cm³/mol. The van der Waals surface area contributed by atoms with Gasteiger partial charge in [-0.3, -0.25) is 4.90 Å². The fourth-order valence-corrected chi connectivity index (χ4v) is 5.72. The number of aryl methyl sites for hydroxylation is 1. The van der Waals surface area contributed by atoms with Crippen molar-refractivity contribution < 1.29 is 8.42 Å². The minimum absolute atomic E-state index is 0.00642. The zero-order valence-electron chi connectivity index (χ0n) is 16.5. The van der Waals surface area contributed by atoms with Crippen molar-refractivity contribution in [2.45, 2.75) is 31.7 Å². The van der Waals surface area contributed by atoms with Crippen molar-refractivity contribution in [3.8, 4) is 0 Å². The van der Waals surface area contributed by atoms with Crippen LogP contribution in [0.4, 0.5) is 0 Å². The molecule has 0 saturated carbocycles. The second-order valence-corrected chi connectivity index (χ2v) is 10.2. The molecule has 0 spiro atoms. The van der Waals surface area contributed by atoms with Crippen LogP contribution in [0.1, 0.15) is 33.9 Å². The van der Waals surface area contributed by atoms with Crippen LogP contribution in [0.15, 0.2) is 65.4 Å². The summed E-state index contributed by atoms with van der Waals surface area (Å²) in [5.41, 5.74) is 5.84. The van der Waals surface area contributed by atoms with E-state index in [4.69, 9.17) is 0 Å². The SMILES string of the molecule is Cc1ccc(CS(=O)(=O)NCC(c2ccsc2)N2CCc3ccccc3C2)cc1. The monoisotopic (exact) mass is 426 g/mol. The Morgan fingerprint density at radius 2 is 1.83 bits per heavy atom. The largest absolute Gasteiger partial charge is 0.290 e. The summed E-state index contributed by atoms with van der Waals surface area (Å²) in [7, 11) is -3.41. The molecule has 0 fully saturated rings. The number of sulfonamides is 1. The molecule has 1 aromatic heterocycles. The average molecular weight is 427 g/mol. The third-order valence-electron chi connectivity index (χ3n) is 5.50. The lowest BCUT2D eigenvalue weighted by molar-refractivity contribution is 0.180. The van der Waals surface area contributed by atoms with E-state index in [0.717, 1.165) is 30.6 Å². The molecule has 0 radical (unpaired) electrons. The summed E-state index contributed by atoms with van der Waals surface area (Å²) in [5.74, 6) is 0.00642. The van der Waals surface area contributed by atoms with Gasteiger partial charge in [-0.15, -0.1) is 0 Å². The van der Waals surface area contributed by atoms with Gasteiger partial charge in [0.2, 0.25) is 10.0 Å². The number of thiophene rings is 1. The molecule has 1 N–H and O–H groups in total. The molecule has 0 amide bonds. The fraction of sp³-hybridized carbons (Fsp3) is 0.304. The molecule has 3 aromatic rings. The van der Waals surface area contributed by atoms with Gasteiger partial charge in [-0.25, -0.2) is 13.1 Å². The highest BCUT2D eigenvalue weighted by molar-refractivity contribution is 7.88. The van der Waals surface area contributed by atoms with Gasteiger partial charge in [0.15, 0.2) is 0 Å². The van der Waals surface area contributed by atoms with E-state index in [1.165, 1.54) is 16.7 Å². The summed E-state index contributed by atoms with van der Waals surface area (Å²) in [4.78, 5) is 2.39. The van der Waals surface area contributed by atoms with E-state index in [9.17, 15) is 8.42 Å². The third kappa shape index (κ3) is 5.14. The van der Waals surface area contributed by atoms with Crippen LogP contribution in [-0.4, -0.2) is 26.4 Å². The molecule has 0 saturated heterocycles. The van der Waals surface area contributed by atoms with Crippen LogP contribution in [0.5, 0.6) is 0 Å². The van der Waals surface area contributed by atoms with E-state index in [2.05, 4.69) is 50.7 Å². The van der Waals surface area contributed by atoms with E-state index in [0.29, 0.717) is 6.54 Å². The molecule has 2 aromatic carbocycles. The molecular weight excluding hydrogens is 400 g/mol. The fourth-order valence-electron chi connectivity index (χ4n) is 3.87. The van der Waals surface area contributed by atoms with Gasteiger partial charge < -0.3 is 0 Å². The van der Waals surface area contributed by atoms with Crippen molar-refractivity contribution in [1.82, 2.24) is 9.62 Å². The molecule has 0 bridgehead atoms. The van der Waals surface area contributed by atoms with Crippen molar-refractivity contribution >= 4 is 21.4 Å². The first-order valence-corrected chi connectivity index (χ1v) is 12.5. The number of rotatable bonds is 7. The van der Waals surface area contributed by atoms with Gasteiger partial charge in [-0.1, -0.05) is 54.1 Å². The zero-order chi connectivity index (χ0) is 20.3. The summed E-state index contributed by atoms with van der Waals surface area (Å²) < 4.78 is 28.3. The van der Waals surface area contributed by atoms with E-state index in [-0.39, 0.29) is 11.8 Å². The maximum atomic E-state index is 12.7. The van der Waals surface area contributed by atoms with Crippen molar-refractivity contribution in [3.05, 3.63) is 93.2 Å². The van der Waals surface area contributed by atoms with Gasteiger partial charge in [-0.2, -0.15) is 11.3 Å². The second kappa shape index (κ2) is 8.79. The molecule has 6 heteroatoms. The quantitative estimate of drug-likeness (QED) is 0.614. The highest BCUT2D eigenvalue weighted by Crippen LogP contribution is 2.29. The van der Waals surface area contributed by atoms with Gasteiger partial charge in [0, 0.05) is 25.7 Å². The lowest BCUT2D eigenvalue weighted by Gasteiger charge is -2.35. The van der Waals surface area contributed by atoms with Gasteiger partial charge in [-0.05, 0) is 52.4 Å². The van der Waals surface area contributed by atoms with Crippen molar-refractivity contribution in [3.63, 3.8) is 0 Å². The number of benzene rings is 2. The second-order valence-electron chi connectivity index (χ2n) is 7.65. The van der Waals surface area contributed by atoms with Gasteiger partial charge in [0.05, 0.1) is 5.75 Å². The Kier molecular flexibility index (Phi) is 6.15. The van der Waals surface area contributed by atoms with Crippen molar-refractivity contribution in [2.24, 2.45) is 0 Å². The topological polar surface area (TPSA) is 49.4 Å². The van der Waals surface area contributed by atoms with Gasteiger partial charge in [0.1, 0.15) is 0 Å². The number of nitrogens with zero attached hydrogens (tertiary/aromatic N) is 1. The number of hydrogen-bond acceptors (Lipinski definition) is 4. The molecule has 1 atom stereocenters. The Balaban J connectivity index is 1.48. The molecule has 1 unspecified atom stereocenters. The molecule has 29 heavy (non-hydrogen) atoms. The third-order valence-corrected chi connectivity index (χ3v) is 7.52. The zero-order valence-corrected chi connectivity index (χ0v) is 18.2. The van der Waals surface area contributed by atoms with E-state index in [1.54, 1.807) is 11.3 Å². The number of fused-ring (bicyclic) bond motifs is 1. The summed E-state index contributed by atoms with van der Waals surface area (Å²) in [6.45, 7) is 4.15. The minimum Gasteiger partial charge on any atom is -0.290 e. The Morgan fingerprint density at radius 3 is 2.55 bits per heavy atom. The Morgan fingerprint density at radius 1 is 1.07 bits per heavy atom. The highest BCUT2D eigenvalue weighted by atomic mass is 32.2. The number of hydrogen-bond donors (Lipinski definition) is 1. The van der Waals surface area contributed by atoms with Crippen LogP contribution in [0.2, 0.25) is 0 Å². The summed E-state index contributed by atoms with van der Waals surface area (Å²) in [6.07, 6.45) is 0.993. The minimum atomic E-state index is -3.41. The lowest BCUT2D eigenvalue weighted by atomic mass is 9.97. The van der Waals surface area contributed by atoms with E-state index >= 15 is 0 Å². The predicted octanol–water partition coefficient (Wildman–Crippen LogP) is 4.28. The van der Waals surface area contributed by atoms with Gasteiger partial charge >= 0.3 is 0 Å². The van der Waals surface area contributed by atoms with Crippen LogP contribution >= 0.6 is 11.3 Å². The average Bonchev–Trinajstić information content (AvgIpc) is 3.24. The first-order chi connectivity index (χ1) is 14.0. The molecule has 1 aliphatic rings. The van der Waals surface area contributed by atoms with Crippen molar-refractivity contribution in [1.29, 1.82) is 0 Å². The Bertz CT molecular complexity index is 1040. The van der Waals surface area contributed by atoms with Crippen LogP contribution in [0.25, 0.3) is 0 Å². The van der Waals surface area contributed by atoms with E-state index in [1.807, 2.05) is 31.2 Å². The number of nitrogens with one attached hydrogen (secondary N) is 1. The first kappa shape index (κ1) is 20.3. The summed E-state index contributed by atoms with van der Waals surface area (Å²) >= 11 is 1.65. The Labute approximate surface area is 177 Å². The van der Waals surface area contributed by atoms with Crippen LogP contribution in [0, 0.1) is 6.92 Å². The van der Waals surface area contributed by atoms with Crippen molar-refractivity contribution in [2.75, 3.05) is 13.1 Å². The molecule has 1 aliphatic heterocycles. The van der Waals surface area contributed by atoms with E-state index < -0.39 is 10.0 Å². The first-order valence-electron chi connectivity index (χ1n) is 9.86. The highest BCUT2D eigenvalue weighted by Gasteiger charge is 2.26. The van der Waals surface area contributed by atoms with Crippen LogP contribution in [0.3, 0.4) is 0 Å². The summed E-state index contributed by atoms with van der Waals surface area (Å²) in [6, 6.07) is 18.3. The lowest BCUT2D eigenvalue weighted by Crippen LogP contribution is -2.40. The Hall–Kier alpha value is -1.99. The maximum absolute atomic E-state index is 12.7. The molecular formula is C23H26N2O2S2. The summed E-state index contributed by atoms with van der Waals surface area (Å²) in [5, 5.41) is 4.18. The molecule has 2 heterocycles. The van der Waals surface area contributed by atoms with Gasteiger partial charge in [0.25, 0.3) is 0 Å². The standard InChI is InChI=1S/C23H26N2O2S2/c1-18-6-8-19(9-7-18)17-29(26,27)24-14-23(22-11-13-28-16-22)25-12-10-20-4-2-3-5-21(20)15-25/h2-9,11,13,16,23-24H,10,12,14-15,17H2,1H3. The molecule has 0 aliphatic carbocycles. The van der Waals surface area contributed by atoms with Crippen LogP contribution < -0.4 is 4.72 Å². The molecule has 4 nitrogen and oxygen atoms in total. The van der Waals surface area contributed by atoms with Crippen LogP contribution in [-0.2, 0) is 28.7 Å². The maximum Gasteiger partial charge on any atom is 0.215 e. The molecule has 4 rings (SSSR count). The molecule has 152 valence electrons.